The van der Waals surface area contributed by atoms with E-state index in [1.165, 1.54) is 38.2 Å². The first-order valence-electron chi connectivity index (χ1n) is 8.97. The van der Waals surface area contributed by atoms with E-state index in [2.05, 4.69) is 34.3 Å². The lowest BCUT2D eigenvalue weighted by molar-refractivity contribution is -0.119. The molecular weight excluding hydrogens is 256 g/mol. The molecule has 2 aliphatic carbocycles. The lowest BCUT2D eigenvalue weighted by Crippen LogP contribution is -2.28. The highest BCUT2D eigenvalue weighted by Gasteiger charge is 2.32. The van der Waals surface area contributed by atoms with Gasteiger partial charge in [-0.2, -0.15) is 0 Å². The molecule has 0 aromatic heterocycles. The van der Waals surface area contributed by atoms with E-state index in [9.17, 15) is 4.79 Å². The summed E-state index contributed by atoms with van der Waals surface area (Å²) in [5, 5.41) is 0. The molecular formula is C20H38O. The van der Waals surface area contributed by atoms with Crippen LogP contribution in [0.1, 0.15) is 86.5 Å². The summed E-state index contributed by atoms with van der Waals surface area (Å²) in [4.78, 5) is 11.4. The first-order chi connectivity index (χ1) is 9.81. The third kappa shape index (κ3) is 9.11. The Morgan fingerprint density at radius 3 is 1.57 bits per heavy atom. The molecule has 2 fully saturated rings. The molecule has 0 saturated heterocycles. The molecule has 0 spiro atoms. The van der Waals surface area contributed by atoms with Gasteiger partial charge in [-0.1, -0.05) is 67.4 Å². The van der Waals surface area contributed by atoms with Crippen molar-refractivity contribution >= 4 is 5.78 Å². The summed E-state index contributed by atoms with van der Waals surface area (Å²) >= 11 is 0. The van der Waals surface area contributed by atoms with E-state index in [4.69, 9.17) is 0 Å². The van der Waals surface area contributed by atoms with Crippen LogP contribution in [0.15, 0.2) is 12.7 Å². The topological polar surface area (TPSA) is 17.1 Å². The van der Waals surface area contributed by atoms with Crippen molar-refractivity contribution in [3.63, 3.8) is 0 Å². The van der Waals surface area contributed by atoms with Gasteiger partial charge in [0.15, 0.2) is 5.78 Å². The Morgan fingerprint density at radius 1 is 0.905 bits per heavy atom. The van der Waals surface area contributed by atoms with Crippen LogP contribution in [0.2, 0.25) is 0 Å². The molecule has 0 N–H and O–H groups in total. The zero-order valence-corrected chi connectivity index (χ0v) is 15.4. The highest BCUT2D eigenvalue weighted by Crippen LogP contribution is 2.42. The summed E-state index contributed by atoms with van der Waals surface area (Å²) in [5.74, 6) is 2.54. The first kappa shape index (κ1) is 20.4. The van der Waals surface area contributed by atoms with Gasteiger partial charge in [-0.15, -0.1) is 0 Å². The molecule has 2 aliphatic rings. The monoisotopic (exact) mass is 294 g/mol. The number of carbonyl (C=O) groups excluding carboxylic acids is 1. The van der Waals surface area contributed by atoms with Gasteiger partial charge in [-0.3, -0.25) is 4.79 Å². The van der Waals surface area contributed by atoms with Crippen molar-refractivity contribution < 1.29 is 4.79 Å². The summed E-state index contributed by atoms with van der Waals surface area (Å²) in [5.41, 5.74) is 0.500. The summed E-state index contributed by atoms with van der Waals surface area (Å²) in [6, 6.07) is 0. The third-order valence-corrected chi connectivity index (χ3v) is 4.19. The minimum atomic E-state index is 0.275. The molecule has 21 heavy (non-hydrogen) atoms. The summed E-state index contributed by atoms with van der Waals surface area (Å²) < 4.78 is 0. The molecule has 2 rings (SSSR count). The number of rotatable bonds is 3. The van der Waals surface area contributed by atoms with Gasteiger partial charge in [0.05, 0.1) is 0 Å². The van der Waals surface area contributed by atoms with Crippen molar-refractivity contribution in [3.8, 4) is 0 Å². The molecule has 1 heteroatoms. The van der Waals surface area contributed by atoms with Crippen molar-refractivity contribution in [3.05, 3.63) is 12.7 Å². The van der Waals surface area contributed by atoms with Crippen molar-refractivity contribution in [2.45, 2.75) is 86.5 Å². The number of allylic oxidation sites excluding steroid dienone is 1. The molecule has 0 heterocycles. The predicted octanol–water partition coefficient (Wildman–Crippen LogP) is 6.43. The average molecular weight is 295 g/mol. The summed E-state index contributed by atoms with van der Waals surface area (Å²) in [7, 11) is 0. The van der Waals surface area contributed by atoms with Crippen LogP contribution in [0.4, 0.5) is 0 Å². The fraction of sp³-hybridized carbons (Fsp3) is 0.850. The molecule has 2 saturated carbocycles. The second kappa shape index (κ2) is 10.2. The standard InChI is InChI=1S/C13H20O.C5H12.C2H6/c1-2-13(14)12-8-6-11(7-9-12)10-4-3-5-10;1-5(2,3)4;1-2/h2,10-12H,1,3-9H2;1-4H3;1-2H3. The van der Waals surface area contributed by atoms with E-state index in [-0.39, 0.29) is 5.78 Å². The lowest BCUT2D eigenvalue weighted by atomic mass is 9.68. The first-order valence-corrected chi connectivity index (χ1v) is 8.97. The Kier molecular flexibility index (Phi) is 9.90. The molecule has 1 nitrogen and oxygen atoms in total. The molecule has 0 bridgehead atoms. The van der Waals surface area contributed by atoms with E-state index < -0.39 is 0 Å². The van der Waals surface area contributed by atoms with Gasteiger partial charge in [0.2, 0.25) is 0 Å². The van der Waals surface area contributed by atoms with Gasteiger partial charge < -0.3 is 0 Å². The fourth-order valence-corrected chi connectivity index (χ4v) is 2.95. The van der Waals surface area contributed by atoms with Crippen LogP contribution < -0.4 is 0 Å². The van der Waals surface area contributed by atoms with Crippen LogP contribution in [0, 0.1) is 23.2 Å². The van der Waals surface area contributed by atoms with Gasteiger partial charge in [-0.25, -0.2) is 0 Å². The quantitative estimate of drug-likeness (QED) is 0.548. The van der Waals surface area contributed by atoms with Gasteiger partial charge >= 0.3 is 0 Å². The SMILES string of the molecule is C=CC(=O)C1CCC(C2CCC2)CC1.CC.CC(C)(C)C. The van der Waals surface area contributed by atoms with Gasteiger partial charge in [0, 0.05) is 5.92 Å². The summed E-state index contributed by atoms with van der Waals surface area (Å²) in [6.45, 7) is 16.3. The van der Waals surface area contributed by atoms with Crippen LogP contribution in [0.5, 0.6) is 0 Å². The van der Waals surface area contributed by atoms with E-state index in [0.717, 1.165) is 24.7 Å². The number of hydrogen-bond acceptors (Lipinski definition) is 1. The van der Waals surface area contributed by atoms with Crippen LogP contribution in [-0.2, 0) is 4.79 Å². The van der Waals surface area contributed by atoms with Crippen LogP contribution in [0.25, 0.3) is 0 Å². The largest absolute Gasteiger partial charge is 0.295 e. The smallest absolute Gasteiger partial charge is 0.158 e. The van der Waals surface area contributed by atoms with Crippen molar-refractivity contribution in [1.82, 2.24) is 0 Å². The number of carbonyl (C=O) groups is 1. The second-order valence-electron chi connectivity index (χ2n) is 7.91. The molecule has 0 aromatic carbocycles. The molecule has 0 radical (unpaired) electrons. The van der Waals surface area contributed by atoms with E-state index in [1.54, 1.807) is 0 Å². The van der Waals surface area contributed by atoms with Crippen LogP contribution in [0.3, 0.4) is 0 Å². The maximum absolute atomic E-state index is 11.4. The minimum Gasteiger partial charge on any atom is -0.295 e. The van der Waals surface area contributed by atoms with Crippen molar-refractivity contribution in [2.24, 2.45) is 23.2 Å². The Morgan fingerprint density at radius 2 is 1.29 bits per heavy atom. The highest BCUT2D eigenvalue weighted by atomic mass is 16.1. The zero-order chi connectivity index (χ0) is 16.5. The van der Waals surface area contributed by atoms with E-state index in [0.29, 0.717) is 11.3 Å². The van der Waals surface area contributed by atoms with Gasteiger partial charge in [0.25, 0.3) is 0 Å². The molecule has 0 aromatic rings. The second-order valence-corrected chi connectivity index (χ2v) is 7.91. The Balaban J connectivity index is 0.000000489. The van der Waals surface area contributed by atoms with Gasteiger partial charge in [-0.05, 0) is 49.0 Å². The minimum absolute atomic E-state index is 0.275. The lowest BCUT2D eigenvalue weighted by Gasteiger charge is -2.37. The third-order valence-electron chi connectivity index (χ3n) is 4.19. The molecule has 0 aliphatic heterocycles. The van der Waals surface area contributed by atoms with Crippen LogP contribution >= 0.6 is 0 Å². The maximum Gasteiger partial charge on any atom is 0.158 e. The number of ketones is 1. The van der Waals surface area contributed by atoms with Crippen LogP contribution in [-0.4, -0.2) is 5.78 Å². The Labute approximate surface area is 133 Å². The molecule has 0 amide bonds. The highest BCUT2D eigenvalue weighted by molar-refractivity contribution is 5.91. The van der Waals surface area contributed by atoms with Crippen molar-refractivity contribution in [2.75, 3.05) is 0 Å². The average Bonchev–Trinajstić information content (AvgIpc) is 2.37. The normalized spacial score (nSPS) is 25.4. The summed E-state index contributed by atoms with van der Waals surface area (Å²) in [6.07, 6.45) is 10.7. The number of hydrogen-bond donors (Lipinski definition) is 0. The molecule has 0 atom stereocenters. The Hall–Kier alpha value is -0.590. The zero-order valence-electron chi connectivity index (χ0n) is 15.4. The Bertz CT molecular complexity index is 279. The molecule has 124 valence electrons. The maximum atomic E-state index is 11.4. The van der Waals surface area contributed by atoms with Gasteiger partial charge in [0.1, 0.15) is 0 Å². The predicted molar refractivity (Wildman–Crippen MR) is 94.5 cm³/mol. The van der Waals surface area contributed by atoms with E-state index in [1.807, 2.05) is 13.8 Å². The molecule has 0 unspecified atom stereocenters. The van der Waals surface area contributed by atoms with Crippen molar-refractivity contribution in [1.29, 1.82) is 0 Å². The van der Waals surface area contributed by atoms with E-state index >= 15 is 0 Å². The fourth-order valence-electron chi connectivity index (χ4n) is 2.95.